The normalized spacial score (nSPS) is 13.2. The van der Waals surface area contributed by atoms with E-state index < -0.39 is 5.97 Å². The number of anilines is 2. The standard InChI is InChI=1S/C19H20N2O4S/c1-10-4-8-13(9-5-10)20-17(23)15-11(2)14(19(24)25-3)18(26-15)21-16(22)12-6-7-12/h4-5,8-9,12H,6-7H2,1-3H3,(H,20,23)(H,21,22). The van der Waals surface area contributed by atoms with Crippen LogP contribution in [-0.4, -0.2) is 24.9 Å². The molecule has 2 aromatic rings. The first-order chi connectivity index (χ1) is 12.4. The molecule has 0 atom stereocenters. The van der Waals surface area contributed by atoms with Gasteiger partial charge in [0.05, 0.1) is 17.6 Å². The van der Waals surface area contributed by atoms with E-state index in [0.29, 0.717) is 21.1 Å². The highest BCUT2D eigenvalue weighted by molar-refractivity contribution is 7.18. The topological polar surface area (TPSA) is 84.5 Å². The van der Waals surface area contributed by atoms with E-state index in [1.54, 1.807) is 6.92 Å². The van der Waals surface area contributed by atoms with Gasteiger partial charge in [-0.15, -0.1) is 11.3 Å². The predicted octanol–water partition coefficient (Wildman–Crippen LogP) is 3.75. The first-order valence-corrected chi connectivity index (χ1v) is 9.13. The van der Waals surface area contributed by atoms with Crippen molar-refractivity contribution in [3.8, 4) is 0 Å². The molecule has 1 heterocycles. The Labute approximate surface area is 155 Å². The Morgan fingerprint density at radius 1 is 1.08 bits per heavy atom. The van der Waals surface area contributed by atoms with Gasteiger partial charge in [-0.2, -0.15) is 0 Å². The van der Waals surface area contributed by atoms with Crippen LogP contribution in [0.5, 0.6) is 0 Å². The van der Waals surface area contributed by atoms with Crippen molar-refractivity contribution in [2.45, 2.75) is 26.7 Å². The summed E-state index contributed by atoms with van der Waals surface area (Å²) in [5.74, 6) is -1.03. The maximum atomic E-state index is 12.7. The lowest BCUT2D eigenvalue weighted by atomic mass is 10.1. The predicted molar refractivity (Wildman–Crippen MR) is 101 cm³/mol. The molecule has 1 fully saturated rings. The Morgan fingerprint density at radius 2 is 1.73 bits per heavy atom. The zero-order valence-corrected chi connectivity index (χ0v) is 15.7. The molecule has 136 valence electrons. The molecule has 0 radical (unpaired) electrons. The monoisotopic (exact) mass is 372 g/mol. The van der Waals surface area contributed by atoms with Gasteiger partial charge in [0.15, 0.2) is 0 Å². The number of ether oxygens (including phenoxy) is 1. The number of carbonyl (C=O) groups excluding carboxylic acids is 3. The molecule has 0 bridgehead atoms. The van der Waals surface area contributed by atoms with Crippen LogP contribution in [0.25, 0.3) is 0 Å². The summed E-state index contributed by atoms with van der Waals surface area (Å²) in [6.07, 6.45) is 1.70. The number of hydrogen-bond donors (Lipinski definition) is 2. The lowest BCUT2D eigenvalue weighted by molar-refractivity contribution is -0.117. The SMILES string of the molecule is COC(=O)c1c(NC(=O)C2CC2)sc(C(=O)Nc2ccc(C)cc2)c1C. The number of thiophene rings is 1. The Kier molecular flexibility index (Phi) is 5.08. The zero-order valence-electron chi connectivity index (χ0n) is 14.8. The molecule has 1 aliphatic rings. The van der Waals surface area contributed by atoms with Gasteiger partial charge < -0.3 is 15.4 Å². The second kappa shape index (κ2) is 7.29. The number of methoxy groups -OCH3 is 1. The van der Waals surface area contributed by atoms with Crippen LogP contribution in [-0.2, 0) is 9.53 Å². The molecule has 2 N–H and O–H groups in total. The summed E-state index contributed by atoms with van der Waals surface area (Å²) >= 11 is 1.09. The molecule has 26 heavy (non-hydrogen) atoms. The van der Waals surface area contributed by atoms with Crippen LogP contribution < -0.4 is 10.6 Å². The second-order valence-electron chi connectivity index (χ2n) is 6.34. The summed E-state index contributed by atoms with van der Waals surface area (Å²) in [6, 6.07) is 7.43. The van der Waals surface area contributed by atoms with Gasteiger partial charge in [0.1, 0.15) is 5.00 Å². The van der Waals surface area contributed by atoms with Gasteiger partial charge in [0.25, 0.3) is 5.91 Å². The maximum Gasteiger partial charge on any atom is 0.341 e. The summed E-state index contributed by atoms with van der Waals surface area (Å²) in [6.45, 7) is 3.64. The minimum Gasteiger partial charge on any atom is -0.465 e. The van der Waals surface area contributed by atoms with Crippen LogP contribution in [0.2, 0.25) is 0 Å². The second-order valence-corrected chi connectivity index (χ2v) is 7.36. The molecule has 0 spiro atoms. The summed E-state index contributed by atoms with van der Waals surface area (Å²) in [7, 11) is 1.28. The third kappa shape index (κ3) is 3.77. The Morgan fingerprint density at radius 3 is 2.31 bits per heavy atom. The van der Waals surface area contributed by atoms with Gasteiger partial charge in [-0.3, -0.25) is 9.59 Å². The molecule has 0 saturated heterocycles. The summed E-state index contributed by atoms with van der Waals surface area (Å²) in [4.78, 5) is 37.3. The molecule has 1 aromatic carbocycles. The molecule has 2 amide bonds. The van der Waals surface area contributed by atoms with Crippen molar-refractivity contribution in [3.05, 3.63) is 45.8 Å². The molecule has 3 rings (SSSR count). The number of esters is 1. The fourth-order valence-electron chi connectivity index (χ4n) is 2.55. The number of benzene rings is 1. The first kappa shape index (κ1) is 18.1. The van der Waals surface area contributed by atoms with Crippen molar-refractivity contribution >= 4 is 39.8 Å². The van der Waals surface area contributed by atoms with Crippen molar-refractivity contribution in [1.82, 2.24) is 0 Å². The molecule has 1 aromatic heterocycles. The Balaban J connectivity index is 1.89. The number of aryl methyl sites for hydroxylation is 1. The quantitative estimate of drug-likeness (QED) is 0.783. The van der Waals surface area contributed by atoms with Crippen molar-refractivity contribution in [1.29, 1.82) is 0 Å². The lowest BCUT2D eigenvalue weighted by Crippen LogP contribution is -2.15. The number of hydrogen-bond acceptors (Lipinski definition) is 5. The fraction of sp³-hybridized carbons (Fsp3) is 0.316. The average Bonchev–Trinajstić information content (AvgIpc) is 3.41. The van der Waals surface area contributed by atoms with Crippen molar-refractivity contribution < 1.29 is 19.1 Å². The van der Waals surface area contributed by atoms with Crippen LogP contribution in [0.1, 0.15) is 44.0 Å². The van der Waals surface area contributed by atoms with E-state index in [-0.39, 0.29) is 23.3 Å². The van der Waals surface area contributed by atoms with Crippen molar-refractivity contribution in [2.75, 3.05) is 17.7 Å². The Hall–Kier alpha value is -2.67. The van der Waals surface area contributed by atoms with E-state index in [2.05, 4.69) is 10.6 Å². The third-order valence-electron chi connectivity index (χ3n) is 4.24. The van der Waals surface area contributed by atoms with Crippen LogP contribution in [0.3, 0.4) is 0 Å². The van der Waals surface area contributed by atoms with Crippen LogP contribution >= 0.6 is 11.3 Å². The molecule has 7 heteroatoms. The highest BCUT2D eigenvalue weighted by Gasteiger charge is 2.32. The van der Waals surface area contributed by atoms with Crippen molar-refractivity contribution in [3.63, 3.8) is 0 Å². The first-order valence-electron chi connectivity index (χ1n) is 8.31. The lowest BCUT2D eigenvalue weighted by Gasteiger charge is -2.05. The molecule has 6 nitrogen and oxygen atoms in total. The zero-order chi connectivity index (χ0) is 18.8. The minimum atomic E-state index is -0.570. The van der Waals surface area contributed by atoms with Crippen LogP contribution in [0.4, 0.5) is 10.7 Å². The molecular weight excluding hydrogens is 352 g/mol. The average molecular weight is 372 g/mol. The number of rotatable bonds is 5. The summed E-state index contributed by atoms with van der Waals surface area (Å²) in [5, 5.41) is 5.95. The van der Waals surface area contributed by atoms with Gasteiger partial charge in [-0.1, -0.05) is 17.7 Å². The van der Waals surface area contributed by atoms with Gasteiger partial charge in [-0.25, -0.2) is 4.79 Å². The smallest absolute Gasteiger partial charge is 0.341 e. The number of nitrogens with one attached hydrogen (secondary N) is 2. The van der Waals surface area contributed by atoms with E-state index in [1.807, 2.05) is 31.2 Å². The summed E-state index contributed by atoms with van der Waals surface area (Å²) in [5.41, 5.74) is 2.49. The molecular formula is C19H20N2O4S. The molecule has 1 saturated carbocycles. The fourth-order valence-corrected chi connectivity index (χ4v) is 3.64. The van der Waals surface area contributed by atoms with E-state index in [0.717, 1.165) is 29.7 Å². The third-order valence-corrected chi connectivity index (χ3v) is 5.44. The van der Waals surface area contributed by atoms with E-state index >= 15 is 0 Å². The van der Waals surface area contributed by atoms with E-state index in [1.165, 1.54) is 7.11 Å². The highest BCUT2D eigenvalue weighted by Crippen LogP contribution is 2.37. The number of amides is 2. The van der Waals surface area contributed by atoms with Gasteiger partial charge >= 0.3 is 5.97 Å². The molecule has 1 aliphatic carbocycles. The van der Waals surface area contributed by atoms with Crippen LogP contribution in [0, 0.1) is 19.8 Å². The van der Waals surface area contributed by atoms with Gasteiger partial charge in [-0.05, 0) is 44.4 Å². The van der Waals surface area contributed by atoms with Gasteiger partial charge in [0, 0.05) is 11.6 Å². The highest BCUT2D eigenvalue weighted by atomic mass is 32.1. The van der Waals surface area contributed by atoms with E-state index in [9.17, 15) is 14.4 Å². The molecule has 0 unspecified atom stereocenters. The molecule has 0 aliphatic heterocycles. The van der Waals surface area contributed by atoms with Crippen molar-refractivity contribution in [2.24, 2.45) is 5.92 Å². The van der Waals surface area contributed by atoms with Gasteiger partial charge in [0.2, 0.25) is 5.91 Å². The maximum absolute atomic E-state index is 12.7. The largest absolute Gasteiger partial charge is 0.465 e. The van der Waals surface area contributed by atoms with E-state index in [4.69, 9.17) is 4.74 Å². The Bertz CT molecular complexity index is 866. The van der Waals surface area contributed by atoms with Crippen LogP contribution in [0.15, 0.2) is 24.3 Å². The summed E-state index contributed by atoms with van der Waals surface area (Å²) < 4.78 is 4.82. The minimum absolute atomic E-state index is 0.00672. The number of carbonyl (C=O) groups is 3.